The lowest BCUT2D eigenvalue weighted by molar-refractivity contribution is 0.266. The molecule has 1 saturated heterocycles. The summed E-state index contributed by atoms with van der Waals surface area (Å²) in [5, 5.41) is 16.4. The topological polar surface area (TPSA) is 70.4 Å². The summed E-state index contributed by atoms with van der Waals surface area (Å²) in [4.78, 5) is 14.3. The highest BCUT2D eigenvalue weighted by Gasteiger charge is 2.20. The molecular weight excluding hydrogens is 324 g/mol. The Morgan fingerprint density at radius 2 is 2.35 bits per heavy atom. The van der Waals surface area contributed by atoms with Crippen molar-refractivity contribution in [1.29, 1.82) is 0 Å². The average molecular weight is 345 g/mol. The van der Waals surface area contributed by atoms with Crippen molar-refractivity contribution in [2.45, 2.75) is 31.8 Å². The molecule has 0 amide bonds. The minimum Gasteiger partial charge on any atom is -0.394 e. The second-order valence-corrected chi connectivity index (χ2v) is 5.83. The summed E-state index contributed by atoms with van der Waals surface area (Å²) in [5.41, 5.74) is 0.617. The van der Waals surface area contributed by atoms with Crippen LogP contribution < -0.4 is 15.8 Å². The molecule has 0 bridgehead atoms. The average Bonchev–Trinajstić information content (AvgIpc) is 2.73. The van der Waals surface area contributed by atoms with Crippen molar-refractivity contribution in [1.82, 2.24) is 15.1 Å². The van der Waals surface area contributed by atoms with Gasteiger partial charge in [-0.1, -0.05) is 0 Å². The van der Waals surface area contributed by atoms with Crippen molar-refractivity contribution >= 4 is 21.6 Å². The fourth-order valence-electron chi connectivity index (χ4n) is 2.54. The first-order chi connectivity index (χ1) is 9.65. The van der Waals surface area contributed by atoms with Gasteiger partial charge in [-0.25, -0.2) is 4.68 Å². The monoisotopic (exact) mass is 344 g/mol. The Hall–Kier alpha value is -0.920. The molecule has 2 rings (SSSR count). The van der Waals surface area contributed by atoms with E-state index in [2.05, 4.69) is 31.2 Å². The lowest BCUT2D eigenvalue weighted by Gasteiger charge is -2.29. The number of aliphatic hydroxyl groups excluding tert-OH is 1. The molecule has 6 nitrogen and oxygen atoms in total. The van der Waals surface area contributed by atoms with Crippen LogP contribution in [-0.2, 0) is 6.54 Å². The lowest BCUT2D eigenvalue weighted by atomic mass is 10.1. The number of aromatic nitrogens is 2. The summed E-state index contributed by atoms with van der Waals surface area (Å²) < 4.78 is 1.79. The smallest absolute Gasteiger partial charge is 0.283 e. The van der Waals surface area contributed by atoms with Crippen LogP contribution in [0, 0.1) is 0 Å². The molecule has 1 aromatic heterocycles. The van der Waals surface area contributed by atoms with Gasteiger partial charge in [-0.3, -0.25) is 4.79 Å². The number of nitrogens with zero attached hydrogens (tertiary/aromatic N) is 3. The predicted molar refractivity (Wildman–Crippen MR) is 82.2 cm³/mol. The van der Waals surface area contributed by atoms with E-state index in [-0.39, 0.29) is 18.7 Å². The van der Waals surface area contributed by atoms with Gasteiger partial charge < -0.3 is 15.3 Å². The van der Waals surface area contributed by atoms with Gasteiger partial charge >= 0.3 is 0 Å². The highest BCUT2D eigenvalue weighted by Crippen LogP contribution is 2.25. The van der Waals surface area contributed by atoms with Crippen LogP contribution >= 0.6 is 15.9 Å². The molecule has 0 radical (unpaired) electrons. The quantitative estimate of drug-likeness (QED) is 0.835. The van der Waals surface area contributed by atoms with Crippen LogP contribution in [0.2, 0.25) is 0 Å². The molecule has 20 heavy (non-hydrogen) atoms. The third-order valence-electron chi connectivity index (χ3n) is 3.75. The Morgan fingerprint density at radius 3 is 3.10 bits per heavy atom. The van der Waals surface area contributed by atoms with Gasteiger partial charge in [-0.2, -0.15) is 5.10 Å². The molecular formula is C13H21BrN4O2. The summed E-state index contributed by atoms with van der Waals surface area (Å²) in [6, 6.07) is 0.413. The van der Waals surface area contributed by atoms with Crippen molar-refractivity contribution in [2.24, 2.45) is 0 Å². The largest absolute Gasteiger partial charge is 0.394 e. The first-order valence-electron chi connectivity index (χ1n) is 6.95. The Morgan fingerprint density at radius 1 is 1.55 bits per heavy atom. The van der Waals surface area contributed by atoms with Crippen LogP contribution in [0.25, 0.3) is 0 Å². The van der Waals surface area contributed by atoms with Crippen LogP contribution in [0.3, 0.4) is 0 Å². The molecule has 2 heterocycles. The molecule has 1 aliphatic heterocycles. The van der Waals surface area contributed by atoms with E-state index in [1.165, 1.54) is 4.68 Å². The Kier molecular flexibility index (Phi) is 5.56. The van der Waals surface area contributed by atoms with E-state index in [0.29, 0.717) is 10.5 Å². The van der Waals surface area contributed by atoms with E-state index >= 15 is 0 Å². The second kappa shape index (κ2) is 7.19. The summed E-state index contributed by atoms with van der Waals surface area (Å²) in [7, 11) is 2.01. The summed E-state index contributed by atoms with van der Waals surface area (Å²) in [5.74, 6) is 0. The summed E-state index contributed by atoms with van der Waals surface area (Å²) >= 11 is 3.38. The predicted octanol–water partition coefficient (Wildman–Crippen LogP) is 0.576. The summed E-state index contributed by atoms with van der Waals surface area (Å²) in [6.07, 6.45) is 5.00. The molecule has 1 fully saturated rings. The normalized spacial score (nSPS) is 19.6. The highest BCUT2D eigenvalue weighted by atomic mass is 79.9. The van der Waals surface area contributed by atoms with Crippen molar-refractivity contribution in [2.75, 3.05) is 31.6 Å². The van der Waals surface area contributed by atoms with Crippen molar-refractivity contribution in [3.05, 3.63) is 21.0 Å². The maximum Gasteiger partial charge on any atom is 0.283 e. The molecule has 1 unspecified atom stereocenters. The molecule has 0 aliphatic carbocycles. The van der Waals surface area contributed by atoms with Gasteiger partial charge in [0.2, 0.25) is 0 Å². The molecule has 0 aromatic carbocycles. The van der Waals surface area contributed by atoms with E-state index in [1.54, 1.807) is 6.20 Å². The van der Waals surface area contributed by atoms with Gasteiger partial charge in [0.25, 0.3) is 5.56 Å². The first-order valence-corrected chi connectivity index (χ1v) is 7.74. The number of halogens is 1. The Bertz CT molecular complexity index is 498. The van der Waals surface area contributed by atoms with Gasteiger partial charge in [-0.15, -0.1) is 0 Å². The zero-order chi connectivity index (χ0) is 14.5. The van der Waals surface area contributed by atoms with Crippen molar-refractivity contribution in [3.8, 4) is 0 Å². The number of rotatable bonds is 4. The fourth-order valence-corrected chi connectivity index (χ4v) is 3.13. The van der Waals surface area contributed by atoms with E-state index < -0.39 is 0 Å². The van der Waals surface area contributed by atoms with Gasteiger partial charge in [0, 0.05) is 13.1 Å². The lowest BCUT2D eigenvalue weighted by Crippen LogP contribution is -2.35. The molecule has 1 atom stereocenters. The van der Waals surface area contributed by atoms with Gasteiger partial charge in [0.05, 0.1) is 25.0 Å². The molecule has 2 N–H and O–H groups in total. The molecule has 0 saturated carbocycles. The minimum absolute atomic E-state index is 0.0944. The van der Waals surface area contributed by atoms with E-state index in [9.17, 15) is 4.79 Å². The Balaban J connectivity index is 2.23. The number of aliphatic hydroxyl groups is 1. The molecule has 0 spiro atoms. The van der Waals surface area contributed by atoms with Crippen LogP contribution in [0.1, 0.15) is 19.3 Å². The summed E-state index contributed by atoms with van der Waals surface area (Å²) in [6.45, 7) is 2.18. The first kappa shape index (κ1) is 15.5. The fraction of sp³-hybridized carbons (Fsp3) is 0.692. The van der Waals surface area contributed by atoms with E-state index in [0.717, 1.165) is 38.0 Å². The number of hydrogen-bond donors (Lipinski definition) is 2. The molecule has 7 heteroatoms. The minimum atomic E-state index is -0.199. The molecule has 1 aromatic rings. The maximum absolute atomic E-state index is 12.1. The molecule has 112 valence electrons. The number of nitrogens with one attached hydrogen (secondary N) is 1. The van der Waals surface area contributed by atoms with Gasteiger partial charge in [0.1, 0.15) is 4.47 Å². The van der Waals surface area contributed by atoms with Crippen LogP contribution in [0.4, 0.5) is 5.69 Å². The van der Waals surface area contributed by atoms with E-state index in [4.69, 9.17) is 5.11 Å². The Labute approximate surface area is 126 Å². The van der Waals surface area contributed by atoms with Crippen LogP contribution in [-0.4, -0.2) is 47.7 Å². The third kappa shape index (κ3) is 3.39. The van der Waals surface area contributed by atoms with E-state index in [1.807, 2.05) is 7.05 Å². The standard InChI is InChI=1S/C13H21BrN4O2/c1-17(10-3-2-5-15-6-4-10)11-9-16-18(7-8-19)13(20)12(11)14/h9-10,15,19H,2-8H2,1H3. The third-order valence-corrected chi connectivity index (χ3v) is 4.50. The SMILES string of the molecule is CN(c1cnn(CCO)c(=O)c1Br)C1CCCNCC1. The highest BCUT2D eigenvalue weighted by molar-refractivity contribution is 9.10. The number of anilines is 1. The van der Waals surface area contributed by atoms with Crippen molar-refractivity contribution in [3.63, 3.8) is 0 Å². The zero-order valence-electron chi connectivity index (χ0n) is 11.7. The van der Waals surface area contributed by atoms with Crippen molar-refractivity contribution < 1.29 is 5.11 Å². The van der Waals surface area contributed by atoms with Crippen LogP contribution in [0.15, 0.2) is 15.5 Å². The second-order valence-electron chi connectivity index (χ2n) is 5.04. The van der Waals surface area contributed by atoms with Gasteiger partial charge in [-0.05, 0) is 48.3 Å². The van der Waals surface area contributed by atoms with Crippen LogP contribution in [0.5, 0.6) is 0 Å². The number of hydrogen-bond acceptors (Lipinski definition) is 5. The molecule has 1 aliphatic rings. The van der Waals surface area contributed by atoms with Gasteiger partial charge in [0.15, 0.2) is 0 Å². The maximum atomic E-state index is 12.1. The zero-order valence-corrected chi connectivity index (χ0v) is 13.3.